The Bertz CT molecular complexity index is 390. The van der Waals surface area contributed by atoms with Gasteiger partial charge in [-0.1, -0.05) is 13.8 Å². The number of nitrogens with two attached hydrogens (primary N) is 1. The summed E-state index contributed by atoms with van der Waals surface area (Å²) in [6.07, 6.45) is 1.84. The quantitative estimate of drug-likeness (QED) is 0.832. The lowest BCUT2D eigenvalue weighted by molar-refractivity contribution is 0.334. The van der Waals surface area contributed by atoms with Crippen LogP contribution in [0.4, 0.5) is 0 Å². The monoisotopic (exact) mass is 297 g/mol. The fourth-order valence-corrected chi connectivity index (χ4v) is 4.51. The topological polar surface area (TPSA) is 66.6 Å². The van der Waals surface area contributed by atoms with E-state index < -0.39 is 10.2 Å². The van der Waals surface area contributed by atoms with Crippen molar-refractivity contribution in [3.8, 4) is 0 Å². The molecule has 2 heterocycles. The predicted octanol–water partition coefficient (Wildman–Crippen LogP) is 0.666. The van der Waals surface area contributed by atoms with E-state index in [0.717, 1.165) is 12.8 Å². The van der Waals surface area contributed by atoms with Gasteiger partial charge in [0.25, 0.3) is 10.2 Å². The second kappa shape index (κ2) is 5.63. The van der Waals surface area contributed by atoms with Gasteiger partial charge in [0, 0.05) is 26.2 Å². The lowest BCUT2D eigenvalue weighted by atomic mass is 9.90. The smallest absolute Gasteiger partial charge is 0.282 e. The summed E-state index contributed by atoms with van der Waals surface area (Å²) in [5.74, 6) is 0.480. The van der Waals surface area contributed by atoms with Crippen LogP contribution in [-0.2, 0) is 10.2 Å². The third-order valence-electron chi connectivity index (χ3n) is 4.05. The van der Waals surface area contributed by atoms with Crippen LogP contribution in [0.25, 0.3) is 0 Å². The van der Waals surface area contributed by atoms with Gasteiger partial charge in [0.05, 0.1) is 0 Å². The van der Waals surface area contributed by atoms with E-state index in [4.69, 9.17) is 5.73 Å². The molecular formula is C11H24ClN3O2S. The van der Waals surface area contributed by atoms with Gasteiger partial charge in [-0.05, 0) is 30.7 Å². The van der Waals surface area contributed by atoms with Crippen molar-refractivity contribution in [2.45, 2.75) is 26.7 Å². The molecule has 0 aromatic heterocycles. The number of halogens is 1. The molecule has 2 N–H and O–H groups in total. The minimum Gasteiger partial charge on any atom is -0.330 e. The molecule has 2 unspecified atom stereocenters. The molecule has 2 atom stereocenters. The summed E-state index contributed by atoms with van der Waals surface area (Å²) in [5, 5.41) is 0. The van der Waals surface area contributed by atoms with E-state index in [1.54, 1.807) is 8.61 Å². The second-order valence-corrected chi connectivity index (χ2v) is 7.79. The maximum absolute atomic E-state index is 12.4. The van der Waals surface area contributed by atoms with Crippen molar-refractivity contribution in [3.05, 3.63) is 0 Å². The van der Waals surface area contributed by atoms with E-state index in [-0.39, 0.29) is 17.8 Å². The average molecular weight is 298 g/mol. The van der Waals surface area contributed by atoms with Crippen LogP contribution in [0.15, 0.2) is 0 Å². The fourth-order valence-electron chi connectivity index (χ4n) is 2.61. The Balaban J connectivity index is 0.00000162. The Morgan fingerprint density at radius 1 is 1.33 bits per heavy atom. The summed E-state index contributed by atoms with van der Waals surface area (Å²) in [4.78, 5) is 0. The minimum absolute atomic E-state index is 0. The van der Waals surface area contributed by atoms with Gasteiger partial charge in [0.1, 0.15) is 0 Å². The van der Waals surface area contributed by atoms with Gasteiger partial charge < -0.3 is 5.73 Å². The first-order valence-electron chi connectivity index (χ1n) is 6.33. The summed E-state index contributed by atoms with van der Waals surface area (Å²) in [7, 11) is -3.24. The minimum atomic E-state index is -3.24. The molecule has 0 saturated carbocycles. The van der Waals surface area contributed by atoms with Crippen LogP contribution in [-0.4, -0.2) is 49.8 Å². The van der Waals surface area contributed by atoms with Crippen LogP contribution < -0.4 is 5.73 Å². The zero-order valence-corrected chi connectivity index (χ0v) is 12.8. The first-order valence-corrected chi connectivity index (χ1v) is 7.72. The Kier molecular flexibility index (Phi) is 5.06. The van der Waals surface area contributed by atoms with Gasteiger partial charge in [-0.3, -0.25) is 0 Å². The highest BCUT2D eigenvalue weighted by molar-refractivity contribution is 7.86. The predicted molar refractivity (Wildman–Crippen MR) is 74.9 cm³/mol. The molecule has 0 amide bonds. The Hall–Kier alpha value is 0.120. The highest BCUT2D eigenvalue weighted by Gasteiger charge is 2.42. The van der Waals surface area contributed by atoms with E-state index in [9.17, 15) is 8.42 Å². The Morgan fingerprint density at radius 3 is 2.44 bits per heavy atom. The van der Waals surface area contributed by atoms with Crippen LogP contribution in [0.5, 0.6) is 0 Å². The van der Waals surface area contributed by atoms with Crippen molar-refractivity contribution in [2.75, 3.05) is 32.7 Å². The molecule has 2 fully saturated rings. The van der Waals surface area contributed by atoms with Gasteiger partial charge in [-0.15, -0.1) is 12.4 Å². The van der Waals surface area contributed by atoms with Crippen molar-refractivity contribution < 1.29 is 8.42 Å². The zero-order chi connectivity index (χ0) is 12.7. The van der Waals surface area contributed by atoms with E-state index in [2.05, 4.69) is 13.8 Å². The fraction of sp³-hybridized carbons (Fsp3) is 1.00. The van der Waals surface area contributed by atoms with E-state index >= 15 is 0 Å². The number of nitrogens with zero attached hydrogens (tertiary/aromatic N) is 2. The standard InChI is InChI=1S/C11H23N3O2S.ClH/c1-10-3-5-13(7-10)17(15,16)14-6-4-11(2,8-12)9-14;/h10H,3-9,12H2,1-2H3;1H. The molecule has 0 radical (unpaired) electrons. The van der Waals surface area contributed by atoms with Crippen LogP contribution in [0, 0.1) is 11.3 Å². The molecule has 0 bridgehead atoms. The number of hydrogen-bond donors (Lipinski definition) is 1. The van der Waals surface area contributed by atoms with E-state index in [1.165, 1.54) is 0 Å². The molecule has 2 aliphatic rings. The van der Waals surface area contributed by atoms with Crippen LogP contribution >= 0.6 is 12.4 Å². The van der Waals surface area contributed by atoms with Crippen molar-refractivity contribution in [1.29, 1.82) is 0 Å². The summed E-state index contributed by atoms with van der Waals surface area (Å²) in [5.41, 5.74) is 5.67. The van der Waals surface area contributed by atoms with Crippen molar-refractivity contribution >= 4 is 22.6 Å². The van der Waals surface area contributed by atoms with Crippen LogP contribution in [0.3, 0.4) is 0 Å². The van der Waals surface area contributed by atoms with Crippen molar-refractivity contribution in [2.24, 2.45) is 17.1 Å². The second-order valence-electron chi connectivity index (χ2n) is 5.86. The van der Waals surface area contributed by atoms with Gasteiger partial charge in [0.2, 0.25) is 0 Å². The van der Waals surface area contributed by atoms with Crippen LogP contribution in [0.1, 0.15) is 26.7 Å². The Morgan fingerprint density at radius 2 is 2.00 bits per heavy atom. The van der Waals surface area contributed by atoms with Crippen molar-refractivity contribution in [3.63, 3.8) is 0 Å². The molecular weight excluding hydrogens is 274 g/mol. The number of hydrogen-bond acceptors (Lipinski definition) is 3. The molecule has 18 heavy (non-hydrogen) atoms. The lowest BCUT2D eigenvalue weighted by Gasteiger charge is -2.26. The third-order valence-corrected chi connectivity index (χ3v) is 6.00. The van der Waals surface area contributed by atoms with Gasteiger partial charge in [-0.25, -0.2) is 0 Å². The largest absolute Gasteiger partial charge is 0.330 e. The molecule has 0 aromatic carbocycles. The molecule has 2 rings (SSSR count). The molecule has 5 nitrogen and oxygen atoms in total. The van der Waals surface area contributed by atoms with Gasteiger partial charge in [-0.2, -0.15) is 17.0 Å². The zero-order valence-electron chi connectivity index (χ0n) is 11.1. The van der Waals surface area contributed by atoms with E-state index in [0.29, 0.717) is 38.6 Å². The average Bonchev–Trinajstić information content (AvgIpc) is 2.86. The summed E-state index contributed by atoms with van der Waals surface area (Å²) in [6, 6.07) is 0. The van der Waals surface area contributed by atoms with Gasteiger partial charge in [0.15, 0.2) is 0 Å². The van der Waals surface area contributed by atoms with Crippen molar-refractivity contribution in [1.82, 2.24) is 8.61 Å². The van der Waals surface area contributed by atoms with Gasteiger partial charge >= 0.3 is 0 Å². The first kappa shape index (κ1) is 16.2. The van der Waals surface area contributed by atoms with Crippen LogP contribution in [0.2, 0.25) is 0 Å². The summed E-state index contributed by atoms with van der Waals surface area (Å²) < 4.78 is 28.0. The Labute approximate surface area is 116 Å². The van der Waals surface area contributed by atoms with E-state index in [1.807, 2.05) is 0 Å². The molecule has 0 aromatic rings. The highest BCUT2D eigenvalue weighted by atomic mass is 35.5. The number of rotatable bonds is 3. The molecule has 108 valence electrons. The first-order chi connectivity index (χ1) is 7.87. The normalized spacial score (nSPS) is 34.7. The maximum atomic E-state index is 12.4. The summed E-state index contributed by atoms with van der Waals surface area (Å²) in [6.45, 7) is 7.23. The molecule has 7 heteroatoms. The molecule has 2 aliphatic heterocycles. The molecule has 0 aliphatic carbocycles. The maximum Gasteiger partial charge on any atom is 0.282 e. The summed E-state index contributed by atoms with van der Waals surface area (Å²) >= 11 is 0. The molecule has 2 saturated heterocycles. The molecule has 0 spiro atoms. The third kappa shape index (κ3) is 2.99. The SMILES string of the molecule is CC1CCN(S(=O)(=O)N2CCC(C)(CN)C2)C1.Cl. The highest BCUT2D eigenvalue weighted by Crippen LogP contribution is 2.32. The lowest BCUT2D eigenvalue weighted by Crippen LogP contribution is -2.43.